The fourth-order valence-electron chi connectivity index (χ4n) is 5.52. The zero-order chi connectivity index (χ0) is 24.5. The maximum absolute atomic E-state index is 13.2. The summed E-state index contributed by atoms with van der Waals surface area (Å²) in [7, 11) is 4.65. The van der Waals surface area contributed by atoms with Gasteiger partial charge in [-0.15, -0.1) is 11.3 Å². The smallest absolute Gasteiger partial charge is 0.251 e. The summed E-state index contributed by atoms with van der Waals surface area (Å²) < 4.78 is 17.3. The normalized spacial score (nSPS) is 22.1. The summed E-state index contributed by atoms with van der Waals surface area (Å²) in [6, 6.07) is 10.3. The van der Waals surface area contributed by atoms with Crippen molar-refractivity contribution in [2.75, 3.05) is 21.3 Å². The second kappa shape index (κ2) is 10.2. The van der Waals surface area contributed by atoms with E-state index in [2.05, 4.69) is 16.3 Å². The molecule has 2 aromatic carbocycles. The molecule has 2 fully saturated rings. The van der Waals surface area contributed by atoms with Crippen molar-refractivity contribution < 1.29 is 19.0 Å². The van der Waals surface area contributed by atoms with E-state index in [1.54, 1.807) is 44.8 Å². The van der Waals surface area contributed by atoms with Crippen molar-refractivity contribution in [3.63, 3.8) is 0 Å². The summed E-state index contributed by atoms with van der Waals surface area (Å²) in [6.07, 6.45) is 5.36. The number of fused-ring (bicyclic) bond motifs is 3. The van der Waals surface area contributed by atoms with Crippen LogP contribution in [0.5, 0.6) is 17.2 Å². The van der Waals surface area contributed by atoms with Crippen LogP contribution >= 0.6 is 22.9 Å². The van der Waals surface area contributed by atoms with E-state index >= 15 is 0 Å². The highest BCUT2D eigenvalue weighted by molar-refractivity contribution is 7.18. The minimum absolute atomic E-state index is 0.123. The van der Waals surface area contributed by atoms with Crippen LogP contribution in [0.2, 0.25) is 5.02 Å². The van der Waals surface area contributed by atoms with Gasteiger partial charge in [0.25, 0.3) is 5.91 Å². The number of thiazole rings is 1. The van der Waals surface area contributed by atoms with Gasteiger partial charge in [-0.1, -0.05) is 24.1 Å². The molecule has 1 unspecified atom stereocenters. The van der Waals surface area contributed by atoms with E-state index in [0.29, 0.717) is 39.9 Å². The molecule has 0 aliphatic carbocycles. The molecular weight excluding hydrogens is 486 g/mol. The number of amides is 1. The molecule has 2 aliphatic rings. The Balaban J connectivity index is 1.29. The lowest BCUT2D eigenvalue weighted by atomic mass is 9.81. The van der Waals surface area contributed by atoms with Gasteiger partial charge < -0.3 is 19.5 Å². The Morgan fingerprint density at radius 2 is 1.80 bits per heavy atom. The molecule has 3 heterocycles. The lowest BCUT2D eigenvalue weighted by molar-refractivity contribution is 0.0177. The fourth-order valence-corrected chi connectivity index (χ4v) is 6.80. The molecule has 0 saturated carbocycles. The highest BCUT2D eigenvalue weighted by atomic mass is 35.5. The van der Waals surface area contributed by atoms with Crippen molar-refractivity contribution in [1.82, 2.24) is 15.2 Å². The minimum Gasteiger partial charge on any atom is -0.493 e. The molecule has 1 N–H and O–H groups in total. The van der Waals surface area contributed by atoms with Crippen molar-refractivity contribution in [2.24, 2.45) is 0 Å². The van der Waals surface area contributed by atoms with Gasteiger partial charge in [-0.05, 0) is 49.9 Å². The zero-order valence-electron chi connectivity index (χ0n) is 20.2. The third-order valence-corrected chi connectivity index (χ3v) is 8.43. The molecule has 2 aliphatic heterocycles. The molecule has 0 spiro atoms. The third-order valence-electron chi connectivity index (χ3n) is 7.12. The SMILES string of the molecule is COc1cc(C(=O)NC2C[C@H]3CCC[C@@H](C2)N3Cc2nc3c(Cl)cccc3s2)cc(OC)c1OC. The molecule has 0 radical (unpaired) electrons. The molecule has 2 saturated heterocycles. The zero-order valence-corrected chi connectivity index (χ0v) is 21.7. The van der Waals surface area contributed by atoms with Gasteiger partial charge in [0.1, 0.15) is 10.5 Å². The van der Waals surface area contributed by atoms with Gasteiger partial charge in [0.2, 0.25) is 5.75 Å². The van der Waals surface area contributed by atoms with Gasteiger partial charge >= 0.3 is 0 Å². The Kier molecular flexibility index (Phi) is 7.05. The van der Waals surface area contributed by atoms with Gasteiger partial charge in [0.05, 0.1) is 37.6 Å². The maximum Gasteiger partial charge on any atom is 0.251 e. The minimum atomic E-state index is -0.124. The highest BCUT2D eigenvalue weighted by Gasteiger charge is 2.39. The number of benzene rings is 2. The summed E-state index contributed by atoms with van der Waals surface area (Å²) in [4.78, 5) is 20.6. The van der Waals surface area contributed by atoms with Crippen molar-refractivity contribution >= 4 is 39.1 Å². The van der Waals surface area contributed by atoms with Crippen LogP contribution < -0.4 is 19.5 Å². The predicted molar refractivity (Wildman–Crippen MR) is 138 cm³/mol. The summed E-state index contributed by atoms with van der Waals surface area (Å²) >= 11 is 8.07. The number of para-hydroxylation sites is 1. The van der Waals surface area contributed by atoms with Crippen LogP contribution in [0.25, 0.3) is 10.2 Å². The second-order valence-electron chi connectivity index (χ2n) is 9.16. The van der Waals surface area contributed by atoms with Crippen molar-refractivity contribution in [2.45, 2.75) is 56.8 Å². The van der Waals surface area contributed by atoms with Crippen LogP contribution in [0.3, 0.4) is 0 Å². The van der Waals surface area contributed by atoms with Crippen LogP contribution in [0.1, 0.15) is 47.5 Å². The van der Waals surface area contributed by atoms with Crippen LogP contribution in [0.15, 0.2) is 30.3 Å². The first-order valence-corrected chi connectivity index (χ1v) is 13.1. The molecule has 5 rings (SSSR count). The molecule has 2 bridgehead atoms. The molecule has 1 aromatic heterocycles. The Morgan fingerprint density at radius 3 is 2.40 bits per heavy atom. The summed E-state index contributed by atoms with van der Waals surface area (Å²) in [5, 5.41) is 5.08. The molecule has 3 aromatic rings. The predicted octanol–water partition coefficient (Wildman–Crippen LogP) is 5.29. The van der Waals surface area contributed by atoms with Crippen molar-refractivity contribution in [3.05, 3.63) is 45.9 Å². The average Bonchev–Trinajstić information content (AvgIpc) is 3.27. The third kappa shape index (κ3) is 4.79. The van der Waals surface area contributed by atoms with E-state index in [1.165, 1.54) is 6.42 Å². The van der Waals surface area contributed by atoms with Crippen LogP contribution in [0, 0.1) is 0 Å². The van der Waals surface area contributed by atoms with E-state index in [0.717, 1.165) is 47.5 Å². The summed E-state index contributed by atoms with van der Waals surface area (Å²) in [5.74, 6) is 1.30. The quantitative estimate of drug-likeness (QED) is 0.461. The Hall–Kier alpha value is -2.55. The van der Waals surface area contributed by atoms with E-state index < -0.39 is 0 Å². The van der Waals surface area contributed by atoms with E-state index in [1.807, 2.05) is 12.1 Å². The number of nitrogens with zero attached hydrogens (tertiary/aromatic N) is 2. The lowest BCUT2D eigenvalue weighted by Crippen LogP contribution is -2.56. The number of rotatable bonds is 7. The standard InChI is InChI=1S/C26H30ClN3O4S/c1-32-20-10-15(11-21(33-2)25(20)34-3)26(31)28-16-12-17-6-4-7-18(13-16)30(17)14-23-29-24-19(27)8-5-9-22(24)35-23/h5,8-11,16-18H,4,6-7,12-14H2,1-3H3,(H,28,31)/t16?,17-,18+. The molecule has 3 atom stereocenters. The largest absolute Gasteiger partial charge is 0.493 e. The first kappa shape index (κ1) is 24.2. The number of piperidine rings is 2. The van der Waals surface area contributed by atoms with Gasteiger partial charge in [-0.3, -0.25) is 9.69 Å². The van der Waals surface area contributed by atoms with Crippen LogP contribution in [0.4, 0.5) is 0 Å². The van der Waals surface area contributed by atoms with E-state index in [4.69, 9.17) is 30.8 Å². The number of halogens is 1. The Morgan fingerprint density at radius 1 is 1.11 bits per heavy atom. The van der Waals surface area contributed by atoms with Gasteiger partial charge in [0.15, 0.2) is 11.5 Å². The highest BCUT2D eigenvalue weighted by Crippen LogP contribution is 2.39. The Labute approximate surface area is 214 Å². The van der Waals surface area contributed by atoms with E-state index in [-0.39, 0.29) is 11.9 Å². The number of carbonyl (C=O) groups excluding carboxylic acids is 1. The monoisotopic (exact) mass is 515 g/mol. The van der Waals surface area contributed by atoms with Crippen molar-refractivity contribution in [3.8, 4) is 17.2 Å². The number of hydrogen-bond acceptors (Lipinski definition) is 7. The molecular formula is C26H30ClN3O4S. The lowest BCUT2D eigenvalue weighted by Gasteiger charge is -2.48. The molecule has 7 nitrogen and oxygen atoms in total. The van der Waals surface area contributed by atoms with Gasteiger partial charge in [-0.25, -0.2) is 4.98 Å². The number of hydrogen-bond donors (Lipinski definition) is 1. The number of ether oxygens (including phenoxy) is 3. The first-order chi connectivity index (χ1) is 17.0. The number of aromatic nitrogens is 1. The molecule has 1 amide bonds. The van der Waals surface area contributed by atoms with Crippen molar-refractivity contribution in [1.29, 1.82) is 0 Å². The van der Waals surface area contributed by atoms with E-state index in [9.17, 15) is 4.79 Å². The summed E-state index contributed by atoms with van der Waals surface area (Å²) in [5.41, 5.74) is 1.39. The van der Waals surface area contributed by atoms with Gasteiger partial charge in [-0.2, -0.15) is 0 Å². The first-order valence-electron chi connectivity index (χ1n) is 11.9. The number of nitrogens with one attached hydrogen (secondary N) is 1. The summed E-state index contributed by atoms with van der Waals surface area (Å²) in [6.45, 7) is 0.832. The molecule has 9 heteroatoms. The van der Waals surface area contributed by atoms with Crippen LogP contribution in [-0.4, -0.2) is 55.2 Å². The van der Waals surface area contributed by atoms with Crippen LogP contribution in [-0.2, 0) is 6.54 Å². The molecule has 186 valence electrons. The molecule has 35 heavy (non-hydrogen) atoms. The number of carbonyl (C=O) groups is 1. The van der Waals surface area contributed by atoms with Gasteiger partial charge in [0, 0.05) is 23.7 Å². The fraction of sp³-hybridized carbons (Fsp3) is 0.462. The maximum atomic E-state index is 13.2. The topological polar surface area (TPSA) is 72.9 Å². The number of methoxy groups -OCH3 is 3. The Bertz CT molecular complexity index is 1190. The second-order valence-corrected chi connectivity index (χ2v) is 10.7. The average molecular weight is 516 g/mol.